The van der Waals surface area contributed by atoms with E-state index in [9.17, 15) is 19.9 Å². The summed E-state index contributed by atoms with van der Waals surface area (Å²) in [6, 6.07) is -0.838. The van der Waals surface area contributed by atoms with Gasteiger partial charge in [0.1, 0.15) is 18.3 Å². The number of aliphatic hydroxyl groups excluding tert-OH is 3. The average Bonchev–Trinajstić information content (AvgIpc) is 2.84. The molecule has 0 aromatic rings. The molecule has 134 valence electrons. The molecular formula is C12H22ClN3O7. The second-order valence-corrected chi connectivity index (χ2v) is 5.17. The zero-order chi connectivity index (χ0) is 17.4. The van der Waals surface area contributed by atoms with Crippen molar-refractivity contribution in [1.29, 1.82) is 0 Å². The van der Waals surface area contributed by atoms with Crippen molar-refractivity contribution in [2.45, 2.75) is 31.5 Å². The van der Waals surface area contributed by atoms with Gasteiger partial charge in [-0.05, 0) is 6.92 Å². The van der Waals surface area contributed by atoms with Crippen LogP contribution in [0.15, 0.2) is 5.29 Å². The maximum absolute atomic E-state index is 12.4. The summed E-state index contributed by atoms with van der Waals surface area (Å²) < 4.78 is 10.5. The van der Waals surface area contributed by atoms with Gasteiger partial charge in [-0.2, -0.15) is 5.01 Å². The Labute approximate surface area is 138 Å². The zero-order valence-electron chi connectivity index (χ0n) is 12.7. The number of hydrogen-bond acceptors (Lipinski definition) is 8. The number of alkyl halides is 1. The topological polar surface area (TPSA) is 132 Å². The fourth-order valence-corrected chi connectivity index (χ4v) is 2.34. The Balaban J connectivity index is 2.91. The van der Waals surface area contributed by atoms with Crippen LogP contribution < -0.4 is 0 Å². The summed E-state index contributed by atoms with van der Waals surface area (Å²) in [6.07, 6.45) is -5.09. The monoisotopic (exact) mass is 355 g/mol. The lowest BCUT2D eigenvalue weighted by Crippen LogP contribution is -2.52. The van der Waals surface area contributed by atoms with E-state index in [4.69, 9.17) is 26.2 Å². The van der Waals surface area contributed by atoms with Crippen molar-refractivity contribution >= 4 is 17.6 Å². The Morgan fingerprint density at radius 1 is 1.35 bits per heavy atom. The fourth-order valence-electron chi connectivity index (χ4n) is 2.18. The van der Waals surface area contributed by atoms with Crippen molar-refractivity contribution in [3.63, 3.8) is 0 Å². The van der Waals surface area contributed by atoms with Crippen LogP contribution in [0.4, 0.5) is 4.79 Å². The number of amides is 2. The summed E-state index contributed by atoms with van der Waals surface area (Å²) >= 11 is 5.52. The number of rotatable bonds is 9. The molecule has 0 aromatic heterocycles. The quantitative estimate of drug-likeness (QED) is 0.211. The molecule has 11 heteroatoms. The summed E-state index contributed by atoms with van der Waals surface area (Å²) in [5, 5.41) is 32.2. The molecule has 1 aliphatic heterocycles. The third-order valence-electron chi connectivity index (χ3n) is 3.37. The van der Waals surface area contributed by atoms with Crippen LogP contribution in [-0.2, 0) is 9.47 Å². The van der Waals surface area contributed by atoms with E-state index in [0.717, 1.165) is 4.90 Å². The summed E-state index contributed by atoms with van der Waals surface area (Å²) in [4.78, 5) is 24.2. The summed E-state index contributed by atoms with van der Waals surface area (Å²) in [5.41, 5.74) is 0. The smallest absolute Gasteiger partial charge is 0.345 e. The minimum Gasteiger partial charge on any atom is -0.394 e. The molecule has 0 aliphatic carbocycles. The molecule has 1 rings (SSSR count). The SMILES string of the molecule is CCOCCN(C(=O)N(CCCl)N=O)[C@@H]1O[C@H](CO)[C@@H](O)[C@H]1O. The van der Waals surface area contributed by atoms with E-state index in [1.165, 1.54) is 0 Å². The molecule has 1 heterocycles. The lowest BCUT2D eigenvalue weighted by Gasteiger charge is -2.32. The summed E-state index contributed by atoms with van der Waals surface area (Å²) in [5.74, 6) is -0.00720. The Bertz CT molecular complexity index is 390. The van der Waals surface area contributed by atoms with Gasteiger partial charge in [-0.1, -0.05) is 0 Å². The van der Waals surface area contributed by atoms with Crippen molar-refractivity contribution in [3.05, 3.63) is 4.91 Å². The standard InChI is InChI=1S/C12H22ClN3O7/c1-2-22-6-5-15(12(20)16(14-21)4-3-13)11-10(19)9(18)8(7-17)23-11/h8-11,17-19H,2-7H2,1H3/t8-,9-,10-,11-/m1/s1. The van der Waals surface area contributed by atoms with Crippen LogP contribution in [-0.4, -0.2) is 94.6 Å². The van der Waals surface area contributed by atoms with E-state index >= 15 is 0 Å². The first kappa shape index (κ1) is 20.0. The van der Waals surface area contributed by atoms with E-state index in [1.807, 2.05) is 0 Å². The number of nitrogens with zero attached hydrogens (tertiary/aromatic N) is 3. The van der Waals surface area contributed by atoms with Gasteiger partial charge in [-0.15, -0.1) is 16.5 Å². The number of halogens is 1. The van der Waals surface area contributed by atoms with E-state index in [-0.39, 0.29) is 25.6 Å². The first-order chi connectivity index (χ1) is 11.0. The Morgan fingerprint density at radius 3 is 2.52 bits per heavy atom. The molecule has 4 atom stereocenters. The number of carbonyl (C=O) groups is 1. The fraction of sp³-hybridized carbons (Fsp3) is 0.917. The number of hydrogen-bond donors (Lipinski definition) is 3. The Morgan fingerprint density at radius 2 is 2.04 bits per heavy atom. The highest BCUT2D eigenvalue weighted by Crippen LogP contribution is 2.25. The van der Waals surface area contributed by atoms with Crippen LogP contribution in [0.25, 0.3) is 0 Å². The average molecular weight is 356 g/mol. The van der Waals surface area contributed by atoms with Crippen LogP contribution in [0.1, 0.15) is 6.92 Å². The molecule has 0 saturated carbocycles. The Hall–Kier alpha value is -1.04. The van der Waals surface area contributed by atoms with Gasteiger partial charge in [-0.25, -0.2) is 4.79 Å². The molecule has 2 amide bonds. The maximum Gasteiger partial charge on any atom is 0.345 e. The molecule has 0 radical (unpaired) electrons. The van der Waals surface area contributed by atoms with E-state index in [0.29, 0.717) is 11.6 Å². The lowest BCUT2D eigenvalue weighted by atomic mass is 10.1. The lowest BCUT2D eigenvalue weighted by molar-refractivity contribution is -0.0882. The second kappa shape index (κ2) is 9.96. The van der Waals surface area contributed by atoms with Gasteiger partial charge in [0.15, 0.2) is 6.23 Å². The molecule has 0 aromatic carbocycles. The summed E-state index contributed by atoms with van der Waals surface area (Å²) in [7, 11) is 0. The minimum absolute atomic E-state index is 0.00637. The summed E-state index contributed by atoms with van der Waals surface area (Å²) in [6.45, 7) is 1.65. The highest BCUT2D eigenvalue weighted by molar-refractivity contribution is 6.18. The van der Waals surface area contributed by atoms with Crippen molar-refractivity contribution in [2.75, 3.05) is 38.8 Å². The molecule has 1 aliphatic rings. The van der Waals surface area contributed by atoms with Gasteiger partial charge in [0.2, 0.25) is 0 Å². The van der Waals surface area contributed by atoms with Crippen LogP contribution in [0.2, 0.25) is 0 Å². The van der Waals surface area contributed by atoms with E-state index in [2.05, 4.69) is 5.29 Å². The molecule has 0 spiro atoms. The first-order valence-electron chi connectivity index (χ1n) is 7.19. The van der Waals surface area contributed by atoms with Crippen LogP contribution in [0.5, 0.6) is 0 Å². The van der Waals surface area contributed by atoms with Gasteiger partial charge in [0.25, 0.3) is 0 Å². The third-order valence-corrected chi connectivity index (χ3v) is 3.54. The van der Waals surface area contributed by atoms with Gasteiger partial charge in [0, 0.05) is 19.0 Å². The van der Waals surface area contributed by atoms with E-state index < -0.39 is 37.2 Å². The highest BCUT2D eigenvalue weighted by atomic mass is 35.5. The molecule has 0 bridgehead atoms. The largest absolute Gasteiger partial charge is 0.394 e. The van der Waals surface area contributed by atoms with E-state index in [1.54, 1.807) is 6.92 Å². The predicted octanol–water partition coefficient (Wildman–Crippen LogP) is -0.894. The first-order valence-corrected chi connectivity index (χ1v) is 7.72. The van der Waals surface area contributed by atoms with Gasteiger partial charge in [0.05, 0.1) is 25.0 Å². The minimum atomic E-state index is -1.44. The molecule has 10 nitrogen and oxygen atoms in total. The Kier molecular flexibility index (Phi) is 8.66. The maximum atomic E-state index is 12.4. The third kappa shape index (κ3) is 4.96. The molecule has 3 N–H and O–H groups in total. The number of aliphatic hydroxyl groups is 3. The number of carbonyl (C=O) groups excluding carboxylic acids is 1. The number of nitroso groups, excluding NO2 is 1. The van der Waals surface area contributed by atoms with Crippen LogP contribution in [0.3, 0.4) is 0 Å². The van der Waals surface area contributed by atoms with Crippen molar-refractivity contribution < 1.29 is 29.6 Å². The molecule has 1 saturated heterocycles. The number of ether oxygens (including phenoxy) is 2. The number of urea groups is 1. The molecule has 0 unspecified atom stereocenters. The van der Waals surface area contributed by atoms with Crippen molar-refractivity contribution in [3.8, 4) is 0 Å². The van der Waals surface area contributed by atoms with Crippen molar-refractivity contribution in [1.82, 2.24) is 9.91 Å². The zero-order valence-corrected chi connectivity index (χ0v) is 13.5. The molecule has 23 heavy (non-hydrogen) atoms. The van der Waals surface area contributed by atoms with Gasteiger partial charge < -0.3 is 24.8 Å². The highest BCUT2D eigenvalue weighted by Gasteiger charge is 2.47. The van der Waals surface area contributed by atoms with Gasteiger partial charge >= 0.3 is 6.03 Å². The van der Waals surface area contributed by atoms with Gasteiger partial charge in [-0.3, -0.25) is 4.90 Å². The molecular weight excluding hydrogens is 334 g/mol. The normalized spacial score (nSPS) is 27.0. The second-order valence-electron chi connectivity index (χ2n) is 4.80. The van der Waals surface area contributed by atoms with Crippen LogP contribution >= 0.6 is 11.6 Å². The van der Waals surface area contributed by atoms with Crippen LogP contribution in [0, 0.1) is 4.91 Å². The van der Waals surface area contributed by atoms with Crippen molar-refractivity contribution in [2.24, 2.45) is 5.29 Å². The predicted molar refractivity (Wildman–Crippen MR) is 79.6 cm³/mol. The molecule has 1 fully saturated rings.